The number of carbonyl (C=O) groups is 1. The van der Waals surface area contributed by atoms with Crippen LogP contribution in [0.15, 0.2) is 114 Å². The molecule has 0 spiro atoms. The first kappa shape index (κ1) is 25.6. The van der Waals surface area contributed by atoms with E-state index in [2.05, 4.69) is 5.32 Å². The maximum atomic E-state index is 14.2. The van der Waals surface area contributed by atoms with Crippen molar-refractivity contribution in [3.63, 3.8) is 0 Å². The summed E-state index contributed by atoms with van der Waals surface area (Å²) in [5, 5.41) is 3.20. The zero-order chi connectivity index (χ0) is 26.5. The first-order chi connectivity index (χ1) is 18.5. The van der Waals surface area contributed by atoms with Gasteiger partial charge in [-0.05, 0) is 29.3 Å². The van der Waals surface area contributed by atoms with Crippen LogP contribution in [0.2, 0.25) is 5.02 Å². The van der Waals surface area contributed by atoms with Gasteiger partial charge in [-0.3, -0.25) is 9.10 Å². The number of sulfonamides is 1. The molecular weight excluding hydrogens is 520 g/mol. The summed E-state index contributed by atoms with van der Waals surface area (Å²) in [7, 11) is -4.23. The van der Waals surface area contributed by atoms with E-state index in [1.165, 1.54) is 4.31 Å². The molecule has 0 radical (unpaired) electrons. The molecule has 4 aromatic rings. The number of hydrogen-bond donors (Lipinski definition) is 1. The molecule has 1 aliphatic heterocycles. The molecule has 1 heterocycles. The van der Waals surface area contributed by atoms with Gasteiger partial charge in [-0.15, -0.1) is 0 Å². The van der Waals surface area contributed by atoms with E-state index < -0.39 is 15.9 Å². The number of nitrogens with zero attached hydrogens (tertiary/aromatic N) is 1. The maximum Gasteiger partial charge on any atom is 0.270 e. The quantitative estimate of drug-likeness (QED) is 0.291. The first-order valence-corrected chi connectivity index (χ1v) is 13.9. The summed E-state index contributed by atoms with van der Waals surface area (Å²) in [6.07, 6.45) is 0. The van der Waals surface area contributed by atoms with Crippen molar-refractivity contribution in [3.8, 4) is 5.75 Å². The van der Waals surface area contributed by atoms with Crippen LogP contribution >= 0.6 is 11.6 Å². The lowest BCUT2D eigenvalue weighted by Crippen LogP contribution is -2.42. The summed E-state index contributed by atoms with van der Waals surface area (Å²) >= 11 is 6.14. The normalized spacial score (nSPS) is 14.1. The third kappa shape index (κ3) is 5.16. The van der Waals surface area contributed by atoms with Crippen molar-refractivity contribution in [1.29, 1.82) is 0 Å². The van der Waals surface area contributed by atoms with E-state index in [0.29, 0.717) is 33.2 Å². The number of para-hydroxylation sites is 2. The van der Waals surface area contributed by atoms with Gasteiger partial charge < -0.3 is 10.1 Å². The minimum absolute atomic E-state index is 0.0888. The molecule has 0 aliphatic carbocycles. The minimum Gasteiger partial charge on any atom is -0.490 e. The molecule has 0 atom stereocenters. The highest BCUT2D eigenvalue weighted by molar-refractivity contribution is 7.97. The fourth-order valence-electron chi connectivity index (χ4n) is 4.40. The molecule has 8 heteroatoms. The largest absolute Gasteiger partial charge is 0.490 e. The van der Waals surface area contributed by atoms with Crippen LogP contribution < -0.4 is 14.4 Å². The highest BCUT2D eigenvalue weighted by Crippen LogP contribution is 2.43. The zero-order valence-corrected chi connectivity index (χ0v) is 22.0. The standard InChI is InChI=1S/C30H25ClN2O4S/c31-25-16-8-10-18-27(25)37-20-19-32-30(34)29-28(23-13-5-2-6-14-23)24-15-7-9-17-26(24)33(38(29,35)36)21-22-11-3-1-4-12-22/h1-18H,19-21H2,(H,32,34). The number of amides is 1. The van der Waals surface area contributed by atoms with Gasteiger partial charge in [0.15, 0.2) is 4.91 Å². The zero-order valence-electron chi connectivity index (χ0n) is 20.4. The number of ether oxygens (including phenoxy) is 1. The Balaban J connectivity index is 1.53. The molecule has 0 saturated heterocycles. The second-order valence-corrected chi connectivity index (χ2v) is 10.8. The topological polar surface area (TPSA) is 75.7 Å². The molecule has 1 N–H and O–H groups in total. The van der Waals surface area contributed by atoms with E-state index in [-0.39, 0.29) is 24.6 Å². The Bertz CT molecular complexity index is 1590. The molecule has 4 aromatic carbocycles. The third-order valence-electron chi connectivity index (χ3n) is 6.14. The van der Waals surface area contributed by atoms with Crippen LogP contribution in [-0.4, -0.2) is 27.5 Å². The summed E-state index contributed by atoms with van der Waals surface area (Å²) in [5.74, 6) is -0.208. The Hall–Kier alpha value is -4.07. The van der Waals surface area contributed by atoms with Crippen LogP contribution in [0.1, 0.15) is 16.7 Å². The van der Waals surface area contributed by atoms with Gasteiger partial charge in [-0.2, -0.15) is 0 Å². The molecule has 38 heavy (non-hydrogen) atoms. The number of nitrogens with one attached hydrogen (secondary N) is 1. The summed E-state index contributed by atoms with van der Waals surface area (Å²) < 4.78 is 35.3. The highest BCUT2D eigenvalue weighted by atomic mass is 35.5. The van der Waals surface area contributed by atoms with Gasteiger partial charge in [0.1, 0.15) is 12.4 Å². The van der Waals surface area contributed by atoms with Crippen LogP contribution in [-0.2, 0) is 21.4 Å². The van der Waals surface area contributed by atoms with Crippen LogP contribution in [0.25, 0.3) is 5.57 Å². The summed E-state index contributed by atoms with van der Waals surface area (Å²) in [5.41, 5.74) is 3.01. The molecule has 0 saturated carbocycles. The molecule has 1 aliphatic rings. The number of carbonyl (C=O) groups excluding carboxylic acids is 1. The first-order valence-electron chi connectivity index (χ1n) is 12.1. The Morgan fingerprint density at radius 3 is 2.18 bits per heavy atom. The van der Waals surface area contributed by atoms with E-state index in [0.717, 1.165) is 5.56 Å². The number of rotatable bonds is 8. The SMILES string of the molecule is O=C(NCCOc1ccccc1Cl)C1=C(c2ccccc2)c2ccccc2N(Cc2ccccc2)S1(=O)=O. The molecule has 6 nitrogen and oxygen atoms in total. The lowest BCUT2D eigenvalue weighted by atomic mass is 9.95. The Morgan fingerprint density at radius 1 is 0.816 bits per heavy atom. The monoisotopic (exact) mass is 544 g/mol. The summed E-state index contributed by atoms with van der Waals surface area (Å²) in [4.78, 5) is 13.3. The number of benzene rings is 4. The van der Waals surface area contributed by atoms with Gasteiger partial charge in [0, 0.05) is 11.1 Å². The molecule has 0 unspecified atom stereocenters. The molecule has 192 valence electrons. The van der Waals surface area contributed by atoms with Gasteiger partial charge in [-0.1, -0.05) is 103 Å². The number of halogens is 1. The van der Waals surface area contributed by atoms with E-state index >= 15 is 0 Å². The van der Waals surface area contributed by atoms with Crippen LogP contribution in [0.4, 0.5) is 5.69 Å². The maximum absolute atomic E-state index is 14.2. The van der Waals surface area contributed by atoms with Crippen LogP contribution in [0.3, 0.4) is 0 Å². The van der Waals surface area contributed by atoms with Crippen molar-refractivity contribution < 1.29 is 17.9 Å². The van der Waals surface area contributed by atoms with Gasteiger partial charge in [0.2, 0.25) is 0 Å². The minimum atomic E-state index is -4.23. The number of fused-ring (bicyclic) bond motifs is 1. The third-order valence-corrected chi connectivity index (χ3v) is 8.26. The van der Waals surface area contributed by atoms with Crippen molar-refractivity contribution >= 4 is 38.8 Å². The van der Waals surface area contributed by atoms with E-state index in [9.17, 15) is 13.2 Å². The molecule has 0 bridgehead atoms. The smallest absolute Gasteiger partial charge is 0.270 e. The molecule has 5 rings (SSSR count). The average molecular weight is 545 g/mol. The average Bonchev–Trinajstić information content (AvgIpc) is 2.94. The van der Waals surface area contributed by atoms with Crippen molar-refractivity contribution in [1.82, 2.24) is 5.32 Å². The predicted octanol–water partition coefficient (Wildman–Crippen LogP) is 5.64. The second kappa shape index (κ2) is 11.1. The molecule has 0 fully saturated rings. The predicted molar refractivity (Wildman–Crippen MR) is 150 cm³/mol. The van der Waals surface area contributed by atoms with Crippen molar-refractivity contribution in [2.24, 2.45) is 0 Å². The van der Waals surface area contributed by atoms with Crippen molar-refractivity contribution in [2.45, 2.75) is 6.54 Å². The fraction of sp³-hybridized carbons (Fsp3) is 0.100. The van der Waals surface area contributed by atoms with Gasteiger partial charge >= 0.3 is 0 Å². The Kier molecular flexibility index (Phi) is 7.49. The van der Waals surface area contributed by atoms with Crippen LogP contribution in [0, 0.1) is 0 Å². The van der Waals surface area contributed by atoms with Gasteiger partial charge in [0.05, 0.1) is 23.8 Å². The van der Waals surface area contributed by atoms with E-state index in [1.54, 1.807) is 36.4 Å². The van der Waals surface area contributed by atoms with Crippen molar-refractivity contribution in [3.05, 3.63) is 136 Å². The molecule has 0 aromatic heterocycles. The summed E-state index contributed by atoms with van der Waals surface area (Å²) in [6.45, 7) is 0.300. The summed E-state index contributed by atoms with van der Waals surface area (Å²) in [6, 6.07) is 32.7. The Morgan fingerprint density at radius 2 is 1.45 bits per heavy atom. The highest BCUT2D eigenvalue weighted by Gasteiger charge is 2.41. The Labute approximate surface area is 227 Å². The van der Waals surface area contributed by atoms with E-state index in [1.807, 2.05) is 72.8 Å². The second-order valence-electron chi connectivity index (χ2n) is 8.62. The van der Waals surface area contributed by atoms with Gasteiger partial charge in [0.25, 0.3) is 15.9 Å². The van der Waals surface area contributed by atoms with Crippen LogP contribution in [0.5, 0.6) is 5.75 Å². The fourth-order valence-corrected chi connectivity index (χ4v) is 6.34. The lowest BCUT2D eigenvalue weighted by Gasteiger charge is -2.33. The lowest BCUT2D eigenvalue weighted by molar-refractivity contribution is -0.116. The molecular formula is C30H25ClN2O4S. The van der Waals surface area contributed by atoms with Crippen molar-refractivity contribution in [2.75, 3.05) is 17.5 Å². The van der Waals surface area contributed by atoms with E-state index in [4.69, 9.17) is 16.3 Å². The number of hydrogen-bond acceptors (Lipinski definition) is 4. The molecule has 1 amide bonds. The van der Waals surface area contributed by atoms with Gasteiger partial charge in [-0.25, -0.2) is 8.42 Å². The number of anilines is 1.